The number of fused-ring (bicyclic) bond motifs is 2. The Morgan fingerprint density at radius 3 is 2.59 bits per heavy atom. The van der Waals surface area contributed by atoms with Crippen molar-refractivity contribution in [1.29, 1.82) is 0 Å². The largest absolute Gasteiger partial charge is 0.448 e. The van der Waals surface area contributed by atoms with Gasteiger partial charge in [-0.2, -0.15) is 0 Å². The van der Waals surface area contributed by atoms with Gasteiger partial charge in [0.05, 0.1) is 17.0 Å². The lowest BCUT2D eigenvalue weighted by molar-refractivity contribution is 0.441. The fourth-order valence-corrected chi connectivity index (χ4v) is 9.47. The SMILES string of the molecule is C=C1/C=C\C=C/CN(/C2=C/C3=C=C(C=C=C2)Oc2ccc(C4=C=C/C=C\CC#C4)cc23)C2=C1C=C=C(C1=CC(CC=C=C(/C=C\C)c3ccccc3C3=NC=CC=C=C3)=C(SC)C=C=C1)C=C2.CC.CC1=CC=CN=C(C)C1. The number of rotatable bonds is 9. The predicted octanol–water partition coefficient (Wildman–Crippen LogP) is 17.8. The molecule has 8 aliphatic rings. The van der Waals surface area contributed by atoms with E-state index in [0.29, 0.717) is 25.1 Å². The molecule has 4 aliphatic heterocycles. The van der Waals surface area contributed by atoms with Crippen molar-refractivity contribution in [3.8, 4) is 17.6 Å². The first kappa shape index (κ1) is 54.8. The Morgan fingerprint density at radius 1 is 0.833 bits per heavy atom. The molecule has 0 saturated heterocycles. The highest BCUT2D eigenvalue weighted by Crippen LogP contribution is 2.38. The molecule has 0 amide bonds. The summed E-state index contributed by atoms with van der Waals surface area (Å²) in [5.74, 6) is 7.87. The number of hydrogen-bond acceptors (Lipinski definition) is 5. The zero-order valence-corrected chi connectivity index (χ0v) is 46.1. The summed E-state index contributed by atoms with van der Waals surface area (Å²) in [6, 6.07) is 14.5. The van der Waals surface area contributed by atoms with Gasteiger partial charge in [-0.25, -0.2) is 0 Å². The topological polar surface area (TPSA) is 37.2 Å². The van der Waals surface area contributed by atoms with E-state index in [-0.39, 0.29) is 0 Å². The molecule has 0 aromatic heterocycles. The first-order valence-electron chi connectivity index (χ1n) is 26.2. The normalized spacial score (nSPS) is 19.1. The van der Waals surface area contributed by atoms with Crippen LogP contribution in [0.3, 0.4) is 0 Å². The molecule has 4 aliphatic carbocycles. The van der Waals surface area contributed by atoms with Crippen LogP contribution in [0.15, 0.2) is 313 Å². The van der Waals surface area contributed by atoms with Gasteiger partial charge >= 0.3 is 0 Å². The van der Waals surface area contributed by atoms with E-state index in [2.05, 4.69) is 178 Å². The highest BCUT2D eigenvalue weighted by Gasteiger charge is 2.22. The molecule has 0 spiro atoms. The van der Waals surface area contributed by atoms with Crippen LogP contribution in [0.1, 0.15) is 76.1 Å². The van der Waals surface area contributed by atoms with Crippen LogP contribution in [0.4, 0.5) is 0 Å². The highest BCUT2D eigenvalue weighted by atomic mass is 32.2. The molecule has 2 aromatic carbocycles. The van der Waals surface area contributed by atoms with Gasteiger partial charge in [-0.3, -0.25) is 9.98 Å². The molecule has 380 valence electrons. The molecule has 0 N–H and O–H groups in total. The first-order chi connectivity index (χ1) is 38.3. The molecule has 0 fully saturated rings. The summed E-state index contributed by atoms with van der Waals surface area (Å²) in [4.78, 5) is 12.3. The van der Waals surface area contributed by atoms with Crippen LogP contribution in [-0.4, -0.2) is 29.1 Å². The van der Waals surface area contributed by atoms with Crippen LogP contribution in [0.2, 0.25) is 0 Å². The fourth-order valence-electron chi connectivity index (χ4n) is 8.88. The smallest absolute Gasteiger partial charge is 0.178 e. The molecule has 4 heterocycles. The van der Waals surface area contributed by atoms with E-state index < -0.39 is 0 Å². The highest BCUT2D eigenvalue weighted by molar-refractivity contribution is 8.02. The van der Waals surface area contributed by atoms with Gasteiger partial charge < -0.3 is 9.64 Å². The van der Waals surface area contributed by atoms with Gasteiger partial charge in [0.1, 0.15) is 5.75 Å². The molecule has 2 bridgehead atoms. The molecule has 78 heavy (non-hydrogen) atoms. The summed E-state index contributed by atoms with van der Waals surface area (Å²) in [5, 5.41) is 0. The molecule has 5 heteroatoms. The monoisotopic (exact) mass is 1030 g/mol. The number of allylic oxidation sites excluding steroid dienone is 26. The number of nitrogens with zero attached hydrogens (tertiary/aromatic N) is 3. The van der Waals surface area contributed by atoms with E-state index in [0.717, 1.165) is 101 Å². The van der Waals surface area contributed by atoms with Crippen LogP contribution in [-0.2, 0) is 0 Å². The Bertz CT molecular complexity index is 3820. The van der Waals surface area contributed by atoms with E-state index in [1.165, 1.54) is 11.3 Å². The zero-order valence-electron chi connectivity index (χ0n) is 45.2. The number of aliphatic imine (C=N–C) groups is 2. The Kier molecular flexibility index (Phi) is 19.6. The Morgan fingerprint density at radius 2 is 1.71 bits per heavy atom. The summed E-state index contributed by atoms with van der Waals surface area (Å²) >= 11 is 1.71. The fraction of sp³-hybridized carbons (Fsp3) is 0.137. The molecular weight excluding hydrogens is 967 g/mol. The second-order valence-electron chi connectivity index (χ2n) is 18.0. The van der Waals surface area contributed by atoms with E-state index in [1.54, 1.807) is 18.0 Å². The summed E-state index contributed by atoms with van der Waals surface area (Å²) in [5.41, 5.74) is 41.1. The van der Waals surface area contributed by atoms with Gasteiger partial charge in [0.25, 0.3) is 0 Å². The quantitative estimate of drug-likeness (QED) is 0.143. The van der Waals surface area contributed by atoms with Crippen molar-refractivity contribution in [2.75, 3.05) is 12.8 Å². The number of ether oxygens (including phenoxy) is 1. The van der Waals surface area contributed by atoms with E-state index in [4.69, 9.17) is 4.74 Å². The number of hydrogen-bond donors (Lipinski definition) is 0. The molecular formula is C73H61N3OS. The number of benzene rings is 2. The Labute approximate surface area is 466 Å². The maximum atomic E-state index is 6.28. The summed E-state index contributed by atoms with van der Waals surface area (Å²) in [6.45, 7) is 15.3. The minimum absolute atomic E-state index is 0.593. The lowest BCUT2D eigenvalue weighted by Crippen LogP contribution is -2.22. The lowest BCUT2D eigenvalue weighted by atomic mass is 9.95. The van der Waals surface area contributed by atoms with E-state index in [1.807, 2.05) is 131 Å². The minimum Gasteiger partial charge on any atom is -0.448 e. The van der Waals surface area contributed by atoms with Gasteiger partial charge in [-0.15, -0.1) is 46.1 Å². The maximum Gasteiger partial charge on any atom is 0.178 e. The average Bonchev–Trinajstić information content (AvgIpc) is 3.99. The van der Waals surface area contributed by atoms with Crippen LogP contribution in [0.5, 0.6) is 5.75 Å². The Balaban J connectivity index is 0.000000658. The number of thioether (sulfide) groups is 1. The van der Waals surface area contributed by atoms with Gasteiger partial charge in [-0.05, 0) is 152 Å². The molecule has 2 aromatic rings. The van der Waals surface area contributed by atoms with E-state index in [9.17, 15) is 0 Å². The summed E-state index contributed by atoms with van der Waals surface area (Å²) in [6.07, 6.45) is 57.1. The van der Waals surface area contributed by atoms with Crippen molar-refractivity contribution in [2.45, 2.75) is 53.9 Å². The molecule has 10 rings (SSSR count). The summed E-state index contributed by atoms with van der Waals surface area (Å²) in [7, 11) is 0. The van der Waals surface area contributed by atoms with Crippen molar-refractivity contribution in [2.24, 2.45) is 9.98 Å². The first-order valence-corrected chi connectivity index (χ1v) is 27.5. The second kappa shape index (κ2) is 27.9. The standard InChI is InChI=1S/C63H44N2OS.C8H11N.C2H6/c1-4-21-49(57-30-14-15-31-58(57)60-32-13-8-16-40-64-60)25-18-27-52-42-50(26-19-33-63(52)67-3)48-34-37-56-46(2)22-10-9-17-41-65(61(56)38-35-48)54-28-20-29-55-44-53(43-54)59-45-51(36-39-62(59)66-55)47-23-11-6-5-7-12-24-47;1-7-4-3-5-9-8(2)6-7;1-2/h4-6,8-11,14-18,21-22,26,28-33,35-40,42-43,45H,2,7,27,41H2,1,3H3;3-5H,6H2,1-2H3;1-2H3/b6-5-,17-9-,21-4-,22-10-,54-43+;;. The third-order valence-corrected chi connectivity index (χ3v) is 13.4. The second-order valence-corrected chi connectivity index (χ2v) is 18.9. The van der Waals surface area contributed by atoms with Crippen molar-refractivity contribution in [3.63, 3.8) is 0 Å². The molecule has 0 saturated carbocycles. The van der Waals surface area contributed by atoms with Crippen molar-refractivity contribution >= 4 is 39.9 Å². The average molecular weight is 1030 g/mol. The van der Waals surface area contributed by atoms with Crippen LogP contribution < -0.4 is 4.74 Å². The Hall–Kier alpha value is -9.45. The minimum atomic E-state index is 0.593. The molecule has 0 atom stereocenters. The van der Waals surface area contributed by atoms with Gasteiger partial charge in [0.2, 0.25) is 0 Å². The third kappa shape index (κ3) is 14.3. The van der Waals surface area contributed by atoms with Crippen molar-refractivity contribution < 1.29 is 4.74 Å². The summed E-state index contributed by atoms with van der Waals surface area (Å²) < 4.78 is 6.28. The van der Waals surface area contributed by atoms with Gasteiger partial charge in [0, 0.05) is 99.7 Å². The van der Waals surface area contributed by atoms with Crippen molar-refractivity contribution in [1.82, 2.24) is 4.90 Å². The third-order valence-electron chi connectivity index (χ3n) is 12.5. The molecule has 4 nitrogen and oxygen atoms in total. The molecule has 0 unspecified atom stereocenters. The van der Waals surface area contributed by atoms with Crippen LogP contribution in [0, 0.1) is 11.8 Å². The van der Waals surface area contributed by atoms with Gasteiger partial charge in [0.15, 0.2) is 5.76 Å². The van der Waals surface area contributed by atoms with Crippen LogP contribution >= 0.6 is 11.8 Å². The lowest BCUT2D eigenvalue weighted by Gasteiger charge is -2.28. The predicted molar refractivity (Wildman–Crippen MR) is 332 cm³/mol. The zero-order chi connectivity index (χ0) is 54.5. The maximum absolute atomic E-state index is 6.28. The van der Waals surface area contributed by atoms with Gasteiger partial charge in [-0.1, -0.05) is 123 Å². The molecule has 0 radical (unpaired) electrons. The van der Waals surface area contributed by atoms with Crippen molar-refractivity contribution in [3.05, 3.63) is 325 Å². The van der Waals surface area contributed by atoms with E-state index >= 15 is 0 Å². The van der Waals surface area contributed by atoms with Crippen LogP contribution in [0.25, 0.3) is 16.7 Å².